The zero-order valence-electron chi connectivity index (χ0n) is 19.5. The molecule has 3 aromatic rings. The van der Waals surface area contributed by atoms with Gasteiger partial charge in [0.2, 0.25) is 5.95 Å². The number of hydrogen-bond donors (Lipinski definition) is 0. The summed E-state index contributed by atoms with van der Waals surface area (Å²) in [5, 5.41) is 1.25. The van der Waals surface area contributed by atoms with Gasteiger partial charge in [-0.2, -0.15) is 0 Å². The highest BCUT2D eigenvalue weighted by Gasteiger charge is 2.31. The smallest absolute Gasteiger partial charge is 0.410 e. The molecular weight excluding hydrogens is 459 g/mol. The summed E-state index contributed by atoms with van der Waals surface area (Å²) in [4.78, 5) is 21.6. The number of amides is 1. The quantitative estimate of drug-likeness (QED) is 0.436. The Labute approximate surface area is 205 Å². The molecule has 1 aliphatic rings. The number of nitrogens with zero attached hydrogens (tertiary/aromatic N) is 4. The van der Waals surface area contributed by atoms with Crippen molar-refractivity contribution < 1.29 is 9.53 Å². The third kappa shape index (κ3) is 5.39. The normalized spacial score (nSPS) is 16.8. The van der Waals surface area contributed by atoms with Gasteiger partial charge in [-0.1, -0.05) is 41.4 Å². The number of piperidine rings is 1. The van der Waals surface area contributed by atoms with E-state index >= 15 is 0 Å². The van der Waals surface area contributed by atoms with E-state index in [-0.39, 0.29) is 12.1 Å². The molecule has 176 valence electrons. The van der Waals surface area contributed by atoms with Gasteiger partial charge in [0.15, 0.2) is 0 Å². The number of imidazole rings is 1. The van der Waals surface area contributed by atoms with Crippen LogP contribution >= 0.6 is 23.2 Å². The van der Waals surface area contributed by atoms with Crippen LogP contribution in [-0.2, 0) is 11.3 Å². The lowest BCUT2D eigenvalue weighted by Crippen LogP contribution is -2.50. The average molecular weight is 489 g/mol. The predicted molar refractivity (Wildman–Crippen MR) is 135 cm³/mol. The standard InChI is InChI=1S/C25H30Cl2N4O2/c1-25(2,3)33-24(32)29(4)19-8-7-13-30(16-19)23-28-21-9-5-6-10-22(21)31(23)15-17-11-12-18(26)14-20(17)27/h5-6,9-12,14,19H,7-8,13,15-16H2,1-4H3/t19-/m1/s1. The Morgan fingerprint density at radius 2 is 1.97 bits per heavy atom. The van der Waals surface area contributed by atoms with Gasteiger partial charge in [0, 0.05) is 30.2 Å². The van der Waals surface area contributed by atoms with Gasteiger partial charge in [-0.25, -0.2) is 9.78 Å². The molecule has 0 radical (unpaired) electrons. The topological polar surface area (TPSA) is 50.6 Å². The second kappa shape index (κ2) is 9.43. The van der Waals surface area contributed by atoms with E-state index in [2.05, 4.69) is 15.5 Å². The molecule has 1 aromatic heterocycles. The Kier molecular flexibility index (Phi) is 6.78. The number of anilines is 1. The lowest BCUT2D eigenvalue weighted by atomic mass is 10.1. The van der Waals surface area contributed by atoms with Gasteiger partial charge >= 0.3 is 6.09 Å². The molecule has 2 heterocycles. The van der Waals surface area contributed by atoms with E-state index in [1.165, 1.54) is 0 Å². The first-order valence-electron chi connectivity index (χ1n) is 11.2. The number of fused-ring (bicyclic) bond motifs is 1. The minimum absolute atomic E-state index is 0.0426. The zero-order valence-corrected chi connectivity index (χ0v) is 21.0. The molecule has 1 fully saturated rings. The van der Waals surface area contributed by atoms with Crippen LogP contribution in [0, 0.1) is 0 Å². The predicted octanol–water partition coefficient (Wildman–Crippen LogP) is 6.23. The van der Waals surface area contributed by atoms with Crippen LogP contribution in [0.2, 0.25) is 10.0 Å². The Bertz CT molecular complexity index is 1160. The lowest BCUT2D eigenvalue weighted by Gasteiger charge is -2.38. The fourth-order valence-electron chi connectivity index (χ4n) is 4.22. The van der Waals surface area contributed by atoms with Gasteiger partial charge in [-0.3, -0.25) is 0 Å². The van der Waals surface area contributed by atoms with Crippen LogP contribution in [0.25, 0.3) is 11.0 Å². The first kappa shape index (κ1) is 23.7. The number of halogens is 2. The number of hydrogen-bond acceptors (Lipinski definition) is 4. The zero-order chi connectivity index (χ0) is 23.8. The van der Waals surface area contributed by atoms with Gasteiger partial charge in [-0.15, -0.1) is 0 Å². The minimum atomic E-state index is -0.522. The van der Waals surface area contributed by atoms with Gasteiger partial charge in [-0.05, 0) is 63.4 Å². The molecule has 6 nitrogen and oxygen atoms in total. The molecule has 1 aliphatic heterocycles. The molecular formula is C25H30Cl2N4O2. The number of para-hydroxylation sites is 2. The van der Waals surface area contributed by atoms with Crippen LogP contribution in [0.4, 0.5) is 10.7 Å². The molecule has 1 saturated heterocycles. The summed E-state index contributed by atoms with van der Waals surface area (Å²) in [5.41, 5.74) is 2.43. The Morgan fingerprint density at radius 3 is 2.70 bits per heavy atom. The number of carbonyl (C=O) groups is 1. The highest BCUT2D eigenvalue weighted by Crippen LogP contribution is 2.30. The van der Waals surface area contributed by atoms with Crippen molar-refractivity contribution in [3.63, 3.8) is 0 Å². The number of benzene rings is 2. The van der Waals surface area contributed by atoms with Crippen LogP contribution in [0.1, 0.15) is 39.2 Å². The average Bonchev–Trinajstić information content (AvgIpc) is 3.12. The maximum atomic E-state index is 12.7. The summed E-state index contributed by atoms with van der Waals surface area (Å²) in [7, 11) is 1.82. The summed E-state index contributed by atoms with van der Waals surface area (Å²) in [6.45, 7) is 7.79. The molecule has 0 bridgehead atoms. The molecule has 4 rings (SSSR count). The van der Waals surface area contributed by atoms with Gasteiger partial charge < -0.3 is 19.1 Å². The van der Waals surface area contributed by atoms with Crippen molar-refractivity contribution in [2.75, 3.05) is 25.0 Å². The Hall–Kier alpha value is -2.44. The van der Waals surface area contributed by atoms with E-state index < -0.39 is 5.60 Å². The van der Waals surface area contributed by atoms with Crippen molar-refractivity contribution in [2.24, 2.45) is 0 Å². The van der Waals surface area contributed by atoms with E-state index in [0.717, 1.165) is 41.9 Å². The molecule has 33 heavy (non-hydrogen) atoms. The third-order valence-electron chi connectivity index (χ3n) is 5.89. The summed E-state index contributed by atoms with van der Waals surface area (Å²) in [6.07, 6.45) is 1.59. The van der Waals surface area contributed by atoms with E-state index in [0.29, 0.717) is 23.1 Å². The lowest BCUT2D eigenvalue weighted by molar-refractivity contribution is 0.0209. The van der Waals surface area contributed by atoms with Crippen molar-refractivity contribution in [3.05, 3.63) is 58.1 Å². The van der Waals surface area contributed by atoms with Gasteiger partial charge in [0.1, 0.15) is 5.60 Å². The van der Waals surface area contributed by atoms with E-state index in [1.807, 2.05) is 58.2 Å². The van der Waals surface area contributed by atoms with Crippen molar-refractivity contribution >= 4 is 46.3 Å². The van der Waals surface area contributed by atoms with Crippen molar-refractivity contribution in [3.8, 4) is 0 Å². The maximum absolute atomic E-state index is 12.7. The van der Waals surface area contributed by atoms with E-state index in [4.69, 9.17) is 32.9 Å². The fourth-order valence-corrected chi connectivity index (χ4v) is 4.68. The molecule has 0 unspecified atom stereocenters. The van der Waals surface area contributed by atoms with Gasteiger partial charge in [0.25, 0.3) is 0 Å². The van der Waals surface area contributed by atoms with E-state index in [9.17, 15) is 4.79 Å². The number of likely N-dealkylation sites (N-methyl/N-ethyl adjacent to an activating group) is 1. The molecule has 1 atom stereocenters. The minimum Gasteiger partial charge on any atom is -0.444 e. The number of carbonyl (C=O) groups excluding carboxylic acids is 1. The molecule has 0 aliphatic carbocycles. The fraction of sp³-hybridized carbons (Fsp3) is 0.440. The van der Waals surface area contributed by atoms with Crippen LogP contribution in [0.5, 0.6) is 0 Å². The van der Waals surface area contributed by atoms with Crippen molar-refractivity contribution in [1.29, 1.82) is 0 Å². The highest BCUT2D eigenvalue weighted by molar-refractivity contribution is 6.35. The first-order chi connectivity index (χ1) is 15.6. The molecule has 0 saturated carbocycles. The Balaban J connectivity index is 1.63. The SMILES string of the molecule is CN(C(=O)OC(C)(C)C)[C@@H]1CCCN(c2nc3ccccc3n2Cc2ccc(Cl)cc2Cl)C1. The number of rotatable bonds is 4. The second-order valence-electron chi connectivity index (χ2n) is 9.56. The monoisotopic (exact) mass is 488 g/mol. The molecule has 2 aromatic carbocycles. The number of aromatic nitrogens is 2. The van der Waals surface area contributed by atoms with Crippen LogP contribution in [0.3, 0.4) is 0 Å². The van der Waals surface area contributed by atoms with Crippen molar-refractivity contribution in [1.82, 2.24) is 14.5 Å². The van der Waals surface area contributed by atoms with Crippen molar-refractivity contribution in [2.45, 2.75) is 51.8 Å². The molecule has 0 spiro atoms. The summed E-state index contributed by atoms with van der Waals surface area (Å²) in [6, 6.07) is 13.7. The van der Waals surface area contributed by atoms with Crippen LogP contribution in [0.15, 0.2) is 42.5 Å². The highest BCUT2D eigenvalue weighted by atomic mass is 35.5. The number of ether oxygens (including phenoxy) is 1. The first-order valence-corrected chi connectivity index (χ1v) is 12.0. The van der Waals surface area contributed by atoms with Crippen LogP contribution in [-0.4, -0.2) is 52.3 Å². The molecule has 0 N–H and O–H groups in total. The maximum Gasteiger partial charge on any atom is 0.410 e. The van der Waals surface area contributed by atoms with Crippen LogP contribution < -0.4 is 4.90 Å². The van der Waals surface area contributed by atoms with E-state index in [1.54, 1.807) is 11.0 Å². The van der Waals surface area contributed by atoms with Gasteiger partial charge in [0.05, 0.1) is 23.6 Å². The Morgan fingerprint density at radius 1 is 1.21 bits per heavy atom. The third-order valence-corrected chi connectivity index (χ3v) is 6.47. The largest absolute Gasteiger partial charge is 0.444 e. The second-order valence-corrected chi connectivity index (χ2v) is 10.4. The summed E-state index contributed by atoms with van der Waals surface area (Å²) < 4.78 is 7.78. The molecule has 1 amide bonds. The molecule has 8 heteroatoms. The summed E-state index contributed by atoms with van der Waals surface area (Å²) in [5.74, 6) is 0.879. The summed E-state index contributed by atoms with van der Waals surface area (Å²) >= 11 is 12.6.